The number of nitrogens with zero attached hydrogens (tertiary/aromatic N) is 2. The van der Waals surface area contributed by atoms with Gasteiger partial charge < -0.3 is 13.9 Å². The first-order valence-corrected chi connectivity index (χ1v) is 10.5. The first-order valence-electron chi connectivity index (χ1n) is 9.35. The predicted molar refractivity (Wildman–Crippen MR) is 116 cm³/mol. The molecule has 6 nitrogen and oxygen atoms in total. The molecule has 3 heterocycles. The number of anilines is 1. The van der Waals surface area contributed by atoms with E-state index >= 15 is 0 Å². The average molecular weight is 441 g/mol. The third-order valence-electron chi connectivity index (χ3n) is 4.90. The van der Waals surface area contributed by atoms with Gasteiger partial charge in [0.1, 0.15) is 5.76 Å². The number of rotatable bonds is 5. The molecule has 2 aromatic carbocycles. The predicted octanol–water partition coefficient (Wildman–Crippen LogP) is 5.36. The molecule has 0 radical (unpaired) electrons. The average Bonchev–Trinajstić information content (AvgIpc) is 3.49. The van der Waals surface area contributed by atoms with Gasteiger partial charge in [0, 0.05) is 0 Å². The zero-order chi connectivity index (χ0) is 20.7. The Morgan fingerprint density at radius 2 is 2.07 bits per heavy atom. The minimum absolute atomic E-state index is 0.0990. The van der Waals surface area contributed by atoms with Crippen molar-refractivity contribution in [1.29, 1.82) is 0 Å². The number of carbonyl (C=O) groups excluding carboxylic acids is 1. The van der Waals surface area contributed by atoms with Crippen molar-refractivity contribution in [2.24, 2.45) is 0 Å². The largest absolute Gasteiger partial charge is 0.467 e. The summed E-state index contributed by atoms with van der Waals surface area (Å²) in [6.07, 6.45) is 1.79. The molecule has 0 spiro atoms. The smallest absolute Gasteiger partial charge is 0.233 e. The van der Waals surface area contributed by atoms with E-state index in [0.29, 0.717) is 27.4 Å². The number of aromatic nitrogens is 1. The third kappa shape index (κ3) is 3.51. The summed E-state index contributed by atoms with van der Waals surface area (Å²) >= 11 is 7.78. The van der Waals surface area contributed by atoms with Crippen molar-refractivity contribution in [3.05, 3.63) is 70.6 Å². The van der Waals surface area contributed by atoms with Crippen molar-refractivity contribution in [2.75, 3.05) is 11.7 Å². The van der Waals surface area contributed by atoms with Gasteiger partial charge in [-0.3, -0.25) is 9.69 Å². The van der Waals surface area contributed by atoms with Crippen molar-refractivity contribution in [3.8, 4) is 11.5 Å². The Bertz CT molecular complexity index is 1200. The van der Waals surface area contributed by atoms with Crippen molar-refractivity contribution < 1.29 is 18.7 Å². The number of thiazole rings is 1. The Balaban J connectivity index is 1.49. The van der Waals surface area contributed by atoms with Crippen molar-refractivity contribution in [2.45, 2.75) is 19.9 Å². The fourth-order valence-corrected chi connectivity index (χ4v) is 4.68. The van der Waals surface area contributed by atoms with Gasteiger partial charge in [-0.05, 0) is 48.4 Å². The minimum Gasteiger partial charge on any atom is -0.467 e. The van der Waals surface area contributed by atoms with Gasteiger partial charge in [-0.1, -0.05) is 35.1 Å². The molecule has 1 aliphatic heterocycles. The van der Waals surface area contributed by atoms with Crippen LogP contribution >= 0.6 is 22.9 Å². The summed E-state index contributed by atoms with van der Waals surface area (Å²) in [7, 11) is 0. The van der Waals surface area contributed by atoms with Crippen LogP contribution in [0, 0.1) is 6.92 Å². The monoisotopic (exact) mass is 440 g/mol. The molecule has 0 atom stereocenters. The Kier molecular flexibility index (Phi) is 4.84. The number of fused-ring (bicyclic) bond motifs is 2. The maximum Gasteiger partial charge on any atom is 0.233 e. The fourth-order valence-electron chi connectivity index (χ4n) is 3.35. The van der Waals surface area contributed by atoms with E-state index in [0.717, 1.165) is 21.3 Å². The Morgan fingerprint density at radius 3 is 2.87 bits per heavy atom. The molecule has 0 saturated heterocycles. The van der Waals surface area contributed by atoms with E-state index in [2.05, 4.69) is 0 Å². The summed E-state index contributed by atoms with van der Waals surface area (Å²) < 4.78 is 17.1. The van der Waals surface area contributed by atoms with E-state index in [4.69, 9.17) is 30.5 Å². The summed E-state index contributed by atoms with van der Waals surface area (Å²) in [4.78, 5) is 19.7. The summed E-state index contributed by atoms with van der Waals surface area (Å²) in [6.45, 7) is 2.46. The normalized spacial score (nSPS) is 12.5. The standard InChI is InChI=1S/C22H17ClN2O4S/c1-13-4-6-16(23)21-20(13)24-22(30-21)25(11-15-3-2-8-27-15)19(26)10-14-5-7-17-18(9-14)29-12-28-17/h2-9H,10-12H2,1H3. The molecule has 1 amide bonds. The maximum atomic E-state index is 13.3. The van der Waals surface area contributed by atoms with Gasteiger partial charge in [-0.2, -0.15) is 0 Å². The number of carbonyl (C=O) groups is 1. The number of hydrogen-bond acceptors (Lipinski definition) is 6. The molecular weight excluding hydrogens is 424 g/mol. The second-order valence-corrected chi connectivity index (χ2v) is 8.35. The molecule has 4 aromatic rings. The van der Waals surface area contributed by atoms with Crippen LogP contribution in [0.5, 0.6) is 11.5 Å². The van der Waals surface area contributed by atoms with Crippen LogP contribution in [-0.2, 0) is 17.8 Å². The molecule has 0 N–H and O–H groups in total. The quantitative estimate of drug-likeness (QED) is 0.418. The summed E-state index contributed by atoms with van der Waals surface area (Å²) in [5, 5.41) is 1.21. The van der Waals surface area contributed by atoms with Crippen LogP contribution in [0.3, 0.4) is 0 Å². The first kappa shape index (κ1) is 19.0. The topological polar surface area (TPSA) is 64.8 Å². The second-order valence-electron chi connectivity index (χ2n) is 6.96. The van der Waals surface area contributed by atoms with E-state index in [1.165, 1.54) is 11.3 Å². The highest BCUT2D eigenvalue weighted by Gasteiger charge is 2.24. The van der Waals surface area contributed by atoms with Gasteiger partial charge in [0.15, 0.2) is 16.6 Å². The Morgan fingerprint density at radius 1 is 1.20 bits per heavy atom. The van der Waals surface area contributed by atoms with Crippen LogP contribution < -0.4 is 14.4 Å². The minimum atomic E-state index is -0.0990. The Hall–Kier alpha value is -3.03. The third-order valence-corrected chi connectivity index (χ3v) is 6.44. The van der Waals surface area contributed by atoms with Crippen LogP contribution in [0.15, 0.2) is 53.1 Å². The first-order chi connectivity index (χ1) is 14.6. The highest BCUT2D eigenvalue weighted by molar-refractivity contribution is 7.23. The molecule has 0 saturated carbocycles. The van der Waals surface area contributed by atoms with Crippen LogP contribution in [0.4, 0.5) is 5.13 Å². The van der Waals surface area contributed by atoms with Crippen LogP contribution in [0.1, 0.15) is 16.9 Å². The molecule has 30 heavy (non-hydrogen) atoms. The molecule has 0 unspecified atom stereocenters. The van der Waals surface area contributed by atoms with Gasteiger partial charge in [-0.15, -0.1) is 0 Å². The van der Waals surface area contributed by atoms with E-state index in [-0.39, 0.29) is 25.7 Å². The Labute approximate surface area is 181 Å². The van der Waals surface area contributed by atoms with E-state index in [1.807, 2.05) is 43.3 Å². The van der Waals surface area contributed by atoms with E-state index in [9.17, 15) is 4.79 Å². The molecule has 152 valence electrons. The number of aryl methyl sites for hydroxylation is 1. The lowest BCUT2D eigenvalue weighted by molar-refractivity contribution is -0.118. The summed E-state index contributed by atoms with van der Waals surface area (Å²) in [5.74, 6) is 1.92. The summed E-state index contributed by atoms with van der Waals surface area (Å²) in [6, 6.07) is 13.0. The van der Waals surface area contributed by atoms with E-state index < -0.39 is 0 Å². The maximum absolute atomic E-state index is 13.3. The lowest BCUT2D eigenvalue weighted by Gasteiger charge is -2.19. The fraction of sp³-hybridized carbons (Fsp3) is 0.182. The van der Waals surface area contributed by atoms with Gasteiger partial charge in [0.05, 0.1) is 34.5 Å². The number of furan rings is 1. The van der Waals surface area contributed by atoms with E-state index in [1.54, 1.807) is 17.2 Å². The van der Waals surface area contributed by atoms with Crippen molar-refractivity contribution in [3.63, 3.8) is 0 Å². The zero-order valence-electron chi connectivity index (χ0n) is 16.1. The van der Waals surface area contributed by atoms with Crippen LogP contribution in [0.25, 0.3) is 10.2 Å². The molecule has 5 rings (SSSR count). The van der Waals surface area contributed by atoms with Crippen LogP contribution in [-0.4, -0.2) is 17.7 Å². The van der Waals surface area contributed by atoms with Gasteiger partial charge in [-0.25, -0.2) is 4.98 Å². The summed E-state index contributed by atoms with van der Waals surface area (Å²) in [5.41, 5.74) is 2.66. The number of halogens is 1. The van der Waals surface area contributed by atoms with Crippen molar-refractivity contribution >= 4 is 44.2 Å². The van der Waals surface area contributed by atoms with Crippen molar-refractivity contribution in [1.82, 2.24) is 4.98 Å². The number of hydrogen-bond donors (Lipinski definition) is 0. The van der Waals surface area contributed by atoms with Gasteiger partial charge >= 0.3 is 0 Å². The SMILES string of the molecule is Cc1ccc(Cl)c2sc(N(Cc3ccco3)C(=O)Cc3ccc4c(c3)OCO4)nc12. The number of benzene rings is 2. The highest BCUT2D eigenvalue weighted by Crippen LogP contribution is 2.37. The van der Waals surface area contributed by atoms with Crippen LogP contribution in [0.2, 0.25) is 5.02 Å². The highest BCUT2D eigenvalue weighted by atomic mass is 35.5. The molecular formula is C22H17ClN2O4S. The second kappa shape index (κ2) is 7.66. The van der Waals surface area contributed by atoms with Gasteiger partial charge in [0.2, 0.25) is 12.7 Å². The lowest BCUT2D eigenvalue weighted by atomic mass is 10.1. The lowest BCUT2D eigenvalue weighted by Crippen LogP contribution is -2.31. The van der Waals surface area contributed by atoms with Gasteiger partial charge in [0.25, 0.3) is 0 Å². The molecule has 8 heteroatoms. The molecule has 0 aliphatic carbocycles. The molecule has 1 aliphatic rings. The molecule has 0 fully saturated rings. The molecule has 0 bridgehead atoms. The number of amides is 1. The molecule has 2 aromatic heterocycles. The zero-order valence-corrected chi connectivity index (χ0v) is 17.6. The number of ether oxygens (including phenoxy) is 2.